The summed E-state index contributed by atoms with van der Waals surface area (Å²) in [5.41, 5.74) is 2.86. The number of hydrazone groups is 1. The van der Waals surface area contributed by atoms with Crippen molar-refractivity contribution in [3.05, 3.63) is 36.4 Å². The first kappa shape index (κ1) is 19.2. The third kappa shape index (κ3) is 6.51. The Kier molecular flexibility index (Phi) is 8.04. The van der Waals surface area contributed by atoms with Crippen LogP contribution in [0.5, 0.6) is 11.5 Å². The van der Waals surface area contributed by atoms with Crippen LogP contribution in [0.4, 0.5) is 0 Å². The van der Waals surface area contributed by atoms with E-state index in [1.807, 2.05) is 13.8 Å². The summed E-state index contributed by atoms with van der Waals surface area (Å²) >= 11 is 0. The number of methoxy groups -OCH3 is 1. The first-order chi connectivity index (χ1) is 11.5. The fourth-order valence-corrected chi connectivity index (χ4v) is 1.63. The topological polar surface area (TPSA) is 89.0 Å². The highest BCUT2D eigenvalue weighted by Crippen LogP contribution is 2.27. The second kappa shape index (κ2) is 10.0. The standard InChI is InChI=1S/C17H23N3O4/c1-5-8-24-14-7-6-13(9-15(14)23-4)11-19-20-17(22)16(21)18-10-12(2)3/h5-7,9,11-12H,1,8,10H2,2-4H3,(H,18,21)(H,20,22)/b19-11+. The number of nitrogens with zero attached hydrogens (tertiary/aromatic N) is 1. The van der Waals surface area contributed by atoms with Crippen molar-refractivity contribution in [2.24, 2.45) is 11.0 Å². The molecule has 2 amide bonds. The molecule has 0 aliphatic carbocycles. The van der Waals surface area contributed by atoms with Gasteiger partial charge in [0.2, 0.25) is 0 Å². The molecule has 1 aromatic rings. The van der Waals surface area contributed by atoms with Gasteiger partial charge in [0.1, 0.15) is 6.61 Å². The first-order valence-electron chi connectivity index (χ1n) is 7.50. The molecule has 0 spiro atoms. The van der Waals surface area contributed by atoms with Crippen LogP contribution >= 0.6 is 0 Å². The minimum Gasteiger partial charge on any atom is -0.493 e. The van der Waals surface area contributed by atoms with Gasteiger partial charge in [0, 0.05) is 6.54 Å². The number of benzene rings is 1. The van der Waals surface area contributed by atoms with Crippen LogP contribution in [0.3, 0.4) is 0 Å². The zero-order valence-corrected chi connectivity index (χ0v) is 14.2. The van der Waals surface area contributed by atoms with Crippen molar-refractivity contribution >= 4 is 18.0 Å². The number of ether oxygens (including phenoxy) is 2. The fraction of sp³-hybridized carbons (Fsp3) is 0.353. The van der Waals surface area contributed by atoms with Crippen LogP contribution in [0.2, 0.25) is 0 Å². The monoisotopic (exact) mass is 333 g/mol. The maximum absolute atomic E-state index is 11.6. The summed E-state index contributed by atoms with van der Waals surface area (Å²) in [6.45, 7) is 8.25. The Morgan fingerprint density at radius 3 is 2.67 bits per heavy atom. The summed E-state index contributed by atoms with van der Waals surface area (Å²) in [6, 6.07) is 5.17. The number of carbonyl (C=O) groups is 2. The summed E-state index contributed by atoms with van der Waals surface area (Å²) < 4.78 is 10.7. The lowest BCUT2D eigenvalue weighted by atomic mass is 10.2. The van der Waals surface area contributed by atoms with Crippen LogP contribution in [0.25, 0.3) is 0 Å². The highest BCUT2D eigenvalue weighted by Gasteiger charge is 2.12. The highest BCUT2D eigenvalue weighted by molar-refractivity contribution is 6.35. The van der Waals surface area contributed by atoms with E-state index in [9.17, 15) is 9.59 Å². The molecular formula is C17H23N3O4. The summed E-state index contributed by atoms with van der Waals surface area (Å²) in [7, 11) is 1.53. The summed E-state index contributed by atoms with van der Waals surface area (Å²) in [4.78, 5) is 23.0. The summed E-state index contributed by atoms with van der Waals surface area (Å²) in [6.07, 6.45) is 3.04. The van der Waals surface area contributed by atoms with Gasteiger partial charge >= 0.3 is 11.8 Å². The predicted molar refractivity (Wildman–Crippen MR) is 92.3 cm³/mol. The van der Waals surface area contributed by atoms with E-state index in [-0.39, 0.29) is 5.92 Å². The molecule has 0 radical (unpaired) electrons. The van der Waals surface area contributed by atoms with Crippen molar-refractivity contribution in [1.82, 2.24) is 10.7 Å². The average molecular weight is 333 g/mol. The van der Waals surface area contributed by atoms with Gasteiger partial charge in [-0.2, -0.15) is 5.10 Å². The molecular weight excluding hydrogens is 310 g/mol. The van der Waals surface area contributed by atoms with Gasteiger partial charge in [-0.15, -0.1) is 0 Å². The lowest BCUT2D eigenvalue weighted by Crippen LogP contribution is -2.39. The molecule has 1 aromatic carbocycles. The van der Waals surface area contributed by atoms with Crippen molar-refractivity contribution in [2.75, 3.05) is 20.3 Å². The van der Waals surface area contributed by atoms with Gasteiger partial charge in [0.15, 0.2) is 11.5 Å². The SMILES string of the molecule is C=CCOc1ccc(/C=N/NC(=O)C(=O)NCC(C)C)cc1OC. The number of hydrogen-bond acceptors (Lipinski definition) is 5. The van der Waals surface area contributed by atoms with Gasteiger partial charge in [-0.1, -0.05) is 26.5 Å². The number of carbonyl (C=O) groups excluding carboxylic acids is 2. The molecule has 0 aliphatic rings. The molecule has 130 valence electrons. The van der Waals surface area contributed by atoms with E-state index in [0.717, 1.165) is 0 Å². The number of nitrogens with one attached hydrogen (secondary N) is 2. The van der Waals surface area contributed by atoms with Crippen molar-refractivity contribution in [3.8, 4) is 11.5 Å². The zero-order valence-electron chi connectivity index (χ0n) is 14.2. The minimum atomic E-state index is -0.815. The minimum absolute atomic E-state index is 0.263. The Hall–Kier alpha value is -2.83. The summed E-state index contributed by atoms with van der Waals surface area (Å²) in [5.74, 6) is -0.163. The van der Waals surface area contributed by atoms with Crippen LogP contribution in [-0.2, 0) is 9.59 Å². The Bertz CT molecular complexity index is 612. The van der Waals surface area contributed by atoms with E-state index in [2.05, 4.69) is 22.4 Å². The average Bonchev–Trinajstić information content (AvgIpc) is 2.57. The smallest absolute Gasteiger partial charge is 0.329 e. The van der Waals surface area contributed by atoms with Gasteiger partial charge in [0.05, 0.1) is 13.3 Å². The maximum Gasteiger partial charge on any atom is 0.329 e. The lowest BCUT2D eigenvalue weighted by Gasteiger charge is -2.09. The van der Waals surface area contributed by atoms with Crippen molar-refractivity contribution in [3.63, 3.8) is 0 Å². The molecule has 7 heteroatoms. The number of rotatable bonds is 8. The Balaban J connectivity index is 2.62. The molecule has 0 aliphatic heterocycles. The molecule has 7 nitrogen and oxygen atoms in total. The number of amides is 2. The van der Waals surface area contributed by atoms with E-state index < -0.39 is 11.8 Å². The van der Waals surface area contributed by atoms with Gasteiger partial charge in [-0.25, -0.2) is 5.43 Å². The van der Waals surface area contributed by atoms with Gasteiger partial charge in [0.25, 0.3) is 0 Å². The molecule has 24 heavy (non-hydrogen) atoms. The van der Waals surface area contributed by atoms with E-state index >= 15 is 0 Å². The Morgan fingerprint density at radius 1 is 1.29 bits per heavy atom. The second-order valence-electron chi connectivity index (χ2n) is 5.31. The summed E-state index contributed by atoms with van der Waals surface area (Å²) in [5, 5.41) is 6.27. The molecule has 0 unspecified atom stereocenters. The van der Waals surface area contributed by atoms with Gasteiger partial charge in [-0.3, -0.25) is 9.59 Å². The molecule has 0 fully saturated rings. The molecule has 1 rings (SSSR count). The third-order valence-electron chi connectivity index (χ3n) is 2.80. The van der Waals surface area contributed by atoms with E-state index in [0.29, 0.717) is 30.2 Å². The van der Waals surface area contributed by atoms with E-state index in [1.165, 1.54) is 13.3 Å². The maximum atomic E-state index is 11.6. The Morgan fingerprint density at radius 2 is 2.04 bits per heavy atom. The molecule has 0 aromatic heterocycles. The predicted octanol–water partition coefficient (Wildman–Crippen LogP) is 1.48. The van der Waals surface area contributed by atoms with Crippen LogP contribution in [-0.4, -0.2) is 38.3 Å². The molecule has 0 atom stereocenters. The van der Waals surface area contributed by atoms with Gasteiger partial charge in [-0.05, 0) is 29.7 Å². The van der Waals surface area contributed by atoms with Crippen molar-refractivity contribution in [2.45, 2.75) is 13.8 Å². The Labute approximate surface area is 141 Å². The van der Waals surface area contributed by atoms with Gasteiger partial charge < -0.3 is 14.8 Å². The fourth-order valence-electron chi connectivity index (χ4n) is 1.63. The molecule has 2 N–H and O–H groups in total. The first-order valence-corrected chi connectivity index (χ1v) is 7.50. The van der Waals surface area contributed by atoms with Crippen molar-refractivity contribution < 1.29 is 19.1 Å². The molecule has 0 bridgehead atoms. The highest BCUT2D eigenvalue weighted by atomic mass is 16.5. The number of hydrogen-bond donors (Lipinski definition) is 2. The van der Waals surface area contributed by atoms with E-state index in [1.54, 1.807) is 24.3 Å². The van der Waals surface area contributed by atoms with E-state index in [4.69, 9.17) is 9.47 Å². The van der Waals surface area contributed by atoms with Crippen LogP contribution in [0, 0.1) is 5.92 Å². The molecule has 0 saturated carbocycles. The van der Waals surface area contributed by atoms with Crippen molar-refractivity contribution in [1.29, 1.82) is 0 Å². The normalized spacial score (nSPS) is 10.5. The third-order valence-corrected chi connectivity index (χ3v) is 2.80. The molecule has 0 heterocycles. The van der Waals surface area contributed by atoms with Crippen LogP contribution in [0.15, 0.2) is 36.0 Å². The largest absolute Gasteiger partial charge is 0.493 e. The van der Waals surface area contributed by atoms with Crippen LogP contribution < -0.4 is 20.2 Å². The quantitative estimate of drug-likeness (QED) is 0.326. The lowest BCUT2D eigenvalue weighted by molar-refractivity contribution is -0.139. The second-order valence-corrected chi connectivity index (χ2v) is 5.31. The van der Waals surface area contributed by atoms with Crippen LogP contribution in [0.1, 0.15) is 19.4 Å². The molecule has 0 saturated heterocycles. The zero-order chi connectivity index (χ0) is 17.9.